The number of aromatic hydroxyl groups is 1. The lowest BCUT2D eigenvalue weighted by molar-refractivity contribution is 0.0783. The van der Waals surface area contributed by atoms with Crippen LogP contribution in [0.15, 0.2) is 59.4 Å². The summed E-state index contributed by atoms with van der Waals surface area (Å²) >= 11 is 0. The number of carbonyl (C=O) groups excluding carboxylic acids is 1. The van der Waals surface area contributed by atoms with Gasteiger partial charge >= 0.3 is 0 Å². The first-order valence-corrected chi connectivity index (χ1v) is 11.8. The van der Waals surface area contributed by atoms with Crippen LogP contribution in [0.4, 0.5) is 4.39 Å². The highest BCUT2D eigenvalue weighted by atomic mass is 19.1. The highest BCUT2D eigenvalue weighted by molar-refractivity contribution is 5.96. The summed E-state index contributed by atoms with van der Waals surface area (Å²) in [5, 5.41) is 11.3. The first-order chi connectivity index (χ1) is 16.4. The minimum atomic E-state index is -0.709. The minimum absolute atomic E-state index is 0.185. The molecule has 3 aromatic rings. The van der Waals surface area contributed by atoms with E-state index in [9.17, 15) is 19.1 Å². The monoisotopic (exact) mass is 463 g/mol. The van der Waals surface area contributed by atoms with E-state index in [1.54, 1.807) is 21.6 Å². The molecule has 0 bridgehead atoms. The van der Waals surface area contributed by atoms with Crippen molar-refractivity contribution >= 4 is 5.91 Å². The molecule has 2 heterocycles. The van der Waals surface area contributed by atoms with Gasteiger partial charge in [-0.25, -0.2) is 4.39 Å². The Morgan fingerprint density at radius 2 is 1.88 bits per heavy atom. The Labute approximate surface area is 198 Å². The van der Waals surface area contributed by atoms with Crippen LogP contribution in [-0.2, 0) is 6.42 Å². The molecule has 0 radical (unpaired) electrons. The third-order valence-corrected chi connectivity index (χ3v) is 6.63. The molecule has 1 aliphatic heterocycles. The number of halogens is 1. The Bertz CT molecular complexity index is 1210. The summed E-state index contributed by atoms with van der Waals surface area (Å²) in [5.74, 6) is -0.639. The number of hydrogen-bond acceptors (Lipinski definition) is 4. The van der Waals surface area contributed by atoms with Gasteiger partial charge in [0.15, 0.2) is 5.56 Å². The highest BCUT2D eigenvalue weighted by Crippen LogP contribution is 2.31. The number of benzene rings is 2. The molecule has 0 aliphatic carbocycles. The predicted octanol–water partition coefficient (Wildman–Crippen LogP) is 4.67. The SMILES string of the molecule is CCCCc1nc(=O)c(C(=O)N2CC[C@H](c3ccccc3)C2)c(O)n1[C@@H](C)c1ccc(F)cc1. The summed E-state index contributed by atoms with van der Waals surface area (Å²) in [6, 6.07) is 15.5. The molecular weight excluding hydrogens is 433 g/mol. The second-order valence-corrected chi connectivity index (χ2v) is 8.88. The van der Waals surface area contributed by atoms with Crippen LogP contribution in [0.5, 0.6) is 5.88 Å². The van der Waals surface area contributed by atoms with Crippen LogP contribution in [0.3, 0.4) is 0 Å². The molecule has 1 N–H and O–H groups in total. The van der Waals surface area contributed by atoms with Gasteiger partial charge in [-0.05, 0) is 43.0 Å². The fourth-order valence-electron chi connectivity index (χ4n) is 4.66. The maximum atomic E-state index is 13.5. The fraction of sp³-hybridized carbons (Fsp3) is 0.370. The smallest absolute Gasteiger partial charge is 0.289 e. The summed E-state index contributed by atoms with van der Waals surface area (Å²) in [4.78, 5) is 32.2. The van der Waals surface area contributed by atoms with Crippen LogP contribution in [-0.4, -0.2) is 38.6 Å². The second-order valence-electron chi connectivity index (χ2n) is 8.88. The molecule has 1 amide bonds. The molecule has 7 heteroatoms. The summed E-state index contributed by atoms with van der Waals surface area (Å²) in [5.41, 5.74) is 0.878. The third kappa shape index (κ3) is 4.74. The maximum absolute atomic E-state index is 13.5. The standard InChI is InChI=1S/C27H30FN3O3/c1-3-4-10-23-29-25(32)24(27(34)31(23)18(2)19-11-13-22(28)14-12-19)26(33)30-16-15-21(17-30)20-8-6-5-7-9-20/h5-9,11-14,18,21,34H,3-4,10,15-17H2,1-2H3/t18-,21-/m0/s1. The highest BCUT2D eigenvalue weighted by Gasteiger charge is 2.33. The summed E-state index contributed by atoms with van der Waals surface area (Å²) in [6.07, 6.45) is 2.94. The quantitative estimate of drug-likeness (QED) is 0.553. The van der Waals surface area contributed by atoms with Crippen LogP contribution >= 0.6 is 0 Å². The van der Waals surface area contributed by atoms with Crippen molar-refractivity contribution < 1.29 is 14.3 Å². The van der Waals surface area contributed by atoms with Gasteiger partial charge in [-0.15, -0.1) is 0 Å². The van der Waals surface area contributed by atoms with E-state index in [0.29, 0.717) is 25.3 Å². The third-order valence-electron chi connectivity index (χ3n) is 6.63. The average Bonchev–Trinajstić information content (AvgIpc) is 3.33. The van der Waals surface area contributed by atoms with E-state index in [2.05, 4.69) is 4.98 Å². The van der Waals surface area contributed by atoms with Gasteiger partial charge in [0.2, 0.25) is 5.88 Å². The summed E-state index contributed by atoms with van der Waals surface area (Å²) in [6.45, 7) is 4.85. The van der Waals surface area contributed by atoms with Crippen LogP contribution in [0.2, 0.25) is 0 Å². The molecule has 34 heavy (non-hydrogen) atoms. The largest absolute Gasteiger partial charge is 0.494 e. The van der Waals surface area contributed by atoms with Gasteiger partial charge in [0.25, 0.3) is 11.5 Å². The Kier molecular flexibility index (Phi) is 7.10. The van der Waals surface area contributed by atoms with E-state index in [-0.39, 0.29) is 23.2 Å². The summed E-state index contributed by atoms with van der Waals surface area (Å²) in [7, 11) is 0. The van der Waals surface area contributed by atoms with Gasteiger partial charge in [-0.2, -0.15) is 4.98 Å². The van der Waals surface area contributed by atoms with Crippen molar-refractivity contribution in [2.24, 2.45) is 0 Å². The molecular formula is C27H30FN3O3. The van der Waals surface area contributed by atoms with Gasteiger partial charge in [0, 0.05) is 25.4 Å². The average molecular weight is 464 g/mol. The van der Waals surface area contributed by atoms with Crippen LogP contribution in [0.25, 0.3) is 0 Å². The molecule has 1 fully saturated rings. The van der Waals surface area contributed by atoms with Crippen molar-refractivity contribution in [3.05, 3.63) is 93.3 Å². The number of rotatable bonds is 7. The molecule has 1 aliphatic rings. The number of unbranched alkanes of at least 4 members (excludes halogenated alkanes) is 1. The van der Waals surface area contributed by atoms with Gasteiger partial charge in [0.05, 0.1) is 6.04 Å². The van der Waals surface area contributed by atoms with Crippen LogP contribution in [0, 0.1) is 5.82 Å². The van der Waals surface area contributed by atoms with Gasteiger partial charge in [0.1, 0.15) is 11.6 Å². The van der Waals surface area contributed by atoms with Crippen molar-refractivity contribution in [1.82, 2.24) is 14.5 Å². The fourth-order valence-corrected chi connectivity index (χ4v) is 4.66. The second kappa shape index (κ2) is 10.2. The van der Waals surface area contributed by atoms with E-state index < -0.39 is 17.5 Å². The lowest BCUT2D eigenvalue weighted by Gasteiger charge is -2.24. The molecule has 1 saturated heterocycles. The van der Waals surface area contributed by atoms with Crippen molar-refractivity contribution in [1.29, 1.82) is 0 Å². The van der Waals surface area contributed by atoms with E-state index in [4.69, 9.17) is 0 Å². The van der Waals surface area contributed by atoms with E-state index in [1.165, 1.54) is 12.1 Å². The first-order valence-electron chi connectivity index (χ1n) is 11.8. The number of aryl methyl sites for hydroxylation is 1. The molecule has 6 nitrogen and oxygen atoms in total. The molecule has 2 atom stereocenters. The number of aromatic nitrogens is 2. The molecule has 1 aromatic heterocycles. The molecule has 0 saturated carbocycles. The molecule has 4 rings (SSSR count). The number of amides is 1. The van der Waals surface area contributed by atoms with E-state index in [1.807, 2.05) is 44.2 Å². The Morgan fingerprint density at radius 3 is 2.56 bits per heavy atom. The number of carbonyl (C=O) groups is 1. The maximum Gasteiger partial charge on any atom is 0.289 e. The number of hydrogen-bond donors (Lipinski definition) is 1. The Hall–Kier alpha value is -3.48. The zero-order valence-electron chi connectivity index (χ0n) is 19.6. The predicted molar refractivity (Wildman–Crippen MR) is 129 cm³/mol. The van der Waals surface area contributed by atoms with Gasteiger partial charge < -0.3 is 10.0 Å². The zero-order chi connectivity index (χ0) is 24.2. The van der Waals surface area contributed by atoms with Crippen molar-refractivity contribution in [2.75, 3.05) is 13.1 Å². The van der Waals surface area contributed by atoms with Gasteiger partial charge in [-0.1, -0.05) is 55.8 Å². The molecule has 0 unspecified atom stereocenters. The number of likely N-dealkylation sites (tertiary alicyclic amines) is 1. The normalized spacial score (nSPS) is 16.6. The topological polar surface area (TPSA) is 75.4 Å². The zero-order valence-corrected chi connectivity index (χ0v) is 19.6. The van der Waals surface area contributed by atoms with E-state index in [0.717, 1.165) is 30.4 Å². The minimum Gasteiger partial charge on any atom is -0.494 e. The lowest BCUT2D eigenvalue weighted by atomic mass is 9.99. The lowest BCUT2D eigenvalue weighted by Crippen LogP contribution is -2.35. The van der Waals surface area contributed by atoms with Gasteiger partial charge in [-0.3, -0.25) is 14.2 Å². The van der Waals surface area contributed by atoms with Crippen molar-refractivity contribution in [2.45, 2.75) is 51.5 Å². The first kappa shape index (κ1) is 23.7. The molecule has 178 valence electrons. The van der Waals surface area contributed by atoms with E-state index >= 15 is 0 Å². The molecule has 0 spiro atoms. The Morgan fingerprint density at radius 1 is 1.18 bits per heavy atom. The Balaban J connectivity index is 1.70. The van der Waals surface area contributed by atoms with Crippen LogP contribution < -0.4 is 5.56 Å². The number of nitrogens with zero attached hydrogens (tertiary/aromatic N) is 3. The van der Waals surface area contributed by atoms with Crippen LogP contribution in [0.1, 0.15) is 72.4 Å². The molecule has 2 aromatic carbocycles. The summed E-state index contributed by atoms with van der Waals surface area (Å²) < 4.78 is 15.0. The van der Waals surface area contributed by atoms with Crippen molar-refractivity contribution in [3.8, 4) is 5.88 Å². The van der Waals surface area contributed by atoms with Crippen molar-refractivity contribution in [3.63, 3.8) is 0 Å².